The van der Waals surface area contributed by atoms with Gasteiger partial charge in [-0.1, -0.05) is 59.2 Å². The Hall–Kier alpha value is -2.45. The summed E-state index contributed by atoms with van der Waals surface area (Å²) in [6.07, 6.45) is -0.688. The number of rotatable bonds is 7. The Morgan fingerprint density at radius 2 is 1.63 bits per heavy atom. The van der Waals surface area contributed by atoms with Crippen LogP contribution in [0.1, 0.15) is 5.56 Å². The van der Waals surface area contributed by atoms with E-state index >= 15 is 0 Å². The lowest BCUT2D eigenvalue weighted by molar-refractivity contribution is 0.0615. The lowest BCUT2D eigenvalue weighted by atomic mass is 10.2. The van der Waals surface area contributed by atoms with Gasteiger partial charge in [0.25, 0.3) is 0 Å². The van der Waals surface area contributed by atoms with Crippen molar-refractivity contribution in [1.82, 2.24) is 19.5 Å². The van der Waals surface area contributed by atoms with E-state index in [-0.39, 0.29) is 6.54 Å². The van der Waals surface area contributed by atoms with Crippen molar-refractivity contribution >= 4 is 11.6 Å². The molecule has 4 rings (SSSR count). The Morgan fingerprint density at radius 1 is 0.967 bits per heavy atom. The van der Waals surface area contributed by atoms with Gasteiger partial charge in [0.1, 0.15) is 0 Å². The van der Waals surface area contributed by atoms with Crippen molar-refractivity contribution in [2.24, 2.45) is 0 Å². The maximum atomic E-state index is 12.1. The van der Waals surface area contributed by atoms with E-state index in [1.807, 2.05) is 42.5 Å². The second-order valence-electron chi connectivity index (χ2n) is 7.61. The van der Waals surface area contributed by atoms with Gasteiger partial charge in [-0.2, -0.15) is 0 Å². The molecule has 8 heteroatoms. The van der Waals surface area contributed by atoms with Crippen LogP contribution in [0, 0.1) is 0 Å². The molecule has 0 aliphatic carbocycles. The molecule has 1 N–H and O–H groups in total. The number of β-amino-alcohol motifs (C(OH)–C–C–N with tert-alkyl or cyclic N) is 1. The van der Waals surface area contributed by atoms with Crippen LogP contribution in [0.5, 0.6) is 0 Å². The zero-order valence-corrected chi connectivity index (χ0v) is 17.4. The second-order valence-corrected chi connectivity index (χ2v) is 8.04. The van der Waals surface area contributed by atoms with Gasteiger partial charge in [0.05, 0.1) is 12.6 Å². The molecule has 158 valence electrons. The van der Waals surface area contributed by atoms with Crippen molar-refractivity contribution in [3.63, 3.8) is 0 Å². The largest absolute Gasteiger partial charge is 0.441 e. The minimum Gasteiger partial charge on any atom is -0.390 e. The molecule has 0 bridgehead atoms. The summed E-state index contributed by atoms with van der Waals surface area (Å²) in [7, 11) is 0. The van der Waals surface area contributed by atoms with E-state index in [1.165, 1.54) is 10.1 Å². The number of benzene rings is 2. The SMILES string of the molecule is O=c1onc(-c2ccccc2)n1CC(O)CN1CCN(Cc2ccc(Cl)cc2)CC1. The summed E-state index contributed by atoms with van der Waals surface area (Å²) in [5.41, 5.74) is 2.03. The lowest BCUT2D eigenvalue weighted by Crippen LogP contribution is -2.48. The smallest absolute Gasteiger partial charge is 0.390 e. The van der Waals surface area contributed by atoms with Gasteiger partial charge in [-0.05, 0) is 17.7 Å². The molecule has 1 aromatic heterocycles. The molecule has 0 radical (unpaired) electrons. The standard InChI is InChI=1S/C22H25ClN4O3/c23-19-8-6-17(7-9-19)14-25-10-12-26(13-11-25)15-20(28)16-27-21(24-30-22(27)29)18-4-2-1-3-5-18/h1-9,20,28H,10-16H2. The van der Waals surface area contributed by atoms with E-state index in [0.717, 1.165) is 43.3 Å². The Bertz CT molecular complexity index is 995. The Morgan fingerprint density at radius 3 is 2.33 bits per heavy atom. The molecule has 2 aromatic carbocycles. The number of aliphatic hydroxyl groups excluding tert-OH is 1. The topological polar surface area (TPSA) is 74.7 Å². The van der Waals surface area contributed by atoms with Crippen LogP contribution < -0.4 is 5.76 Å². The van der Waals surface area contributed by atoms with Crippen LogP contribution in [0.2, 0.25) is 5.02 Å². The van der Waals surface area contributed by atoms with Gasteiger partial charge in [-0.15, -0.1) is 0 Å². The second kappa shape index (κ2) is 9.57. The third-order valence-corrected chi connectivity index (χ3v) is 5.62. The summed E-state index contributed by atoms with van der Waals surface area (Å²) >= 11 is 5.95. The Balaban J connectivity index is 1.30. The first kappa shape index (κ1) is 20.8. The van der Waals surface area contributed by atoms with Gasteiger partial charge < -0.3 is 5.11 Å². The predicted molar refractivity (Wildman–Crippen MR) is 115 cm³/mol. The summed E-state index contributed by atoms with van der Waals surface area (Å²) in [6.45, 7) is 5.14. The zero-order valence-electron chi connectivity index (χ0n) is 16.7. The molecule has 7 nitrogen and oxygen atoms in total. The molecule has 0 saturated carbocycles. The van der Waals surface area contributed by atoms with Crippen molar-refractivity contribution in [3.05, 3.63) is 75.7 Å². The van der Waals surface area contributed by atoms with Crippen LogP contribution in [0.3, 0.4) is 0 Å². The summed E-state index contributed by atoms with van der Waals surface area (Å²) in [5, 5.41) is 15.2. The molecule has 2 heterocycles. The Labute approximate surface area is 180 Å². The molecule has 1 unspecified atom stereocenters. The van der Waals surface area contributed by atoms with Crippen molar-refractivity contribution in [2.45, 2.75) is 19.2 Å². The van der Waals surface area contributed by atoms with E-state index in [1.54, 1.807) is 0 Å². The van der Waals surface area contributed by atoms with Gasteiger partial charge in [0.2, 0.25) is 0 Å². The fourth-order valence-electron chi connectivity index (χ4n) is 3.77. The molecule has 1 fully saturated rings. The normalized spacial score (nSPS) is 16.6. The van der Waals surface area contributed by atoms with Gasteiger partial charge in [0, 0.05) is 49.9 Å². The van der Waals surface area contributed by atoms with Gasteiger partial charge >= 0.3 is 5.76 Å². The summed E-state index contributed by atoms with van der Waals surface area (Å²) in [4.78, 5) is 16.7. The minimum atomic E-state index is -0.688. The van der Waals surface area contributed by atoms with E-state index in [9.17, 15) is 9.90 Å². The molecular formula is C22H25ClN4O3. The maximum absolute atomic E-state index is 12.1. The van der Waals surface area contributed by atoms with E-state index < -0.39 is 11.9 Å². The van der Waals surface area contributed by atoms with Crippen molar-refractivity contribution in [2.75, 3.05) is 32.7 Å². The fourth-order valence-corrected chi connectivity index (χ4v) is 3.89. The van der Waals surface area contributed by atoms with E-state index in [0.29, 0.717) is 12.4 Å². The Kier molecular flexibility index (Phi) is 6.64. The van der Waals surface area contributed by atoms with Crippen LogP contribution in [0.4, 0.5) is 0 Å². The average Bonchev–Trinajstić information content (AvgIpc) is 3.12. The number of aliphatic hydroxyl groups is 1. The van der Waals surface area contributed by atoms with E-state index in [4.69, 9.17) is 16.1 Å². The molecule has 1 atom stereocenters. The fraction of sp³-hybridized carbons (Fsp3) is 0.364. The average molecular weight is 429 g/mol. The third-order valence-electron chi connectivity index (χ3n) is 5.36. The highest BCUT2D eigenvalue weighted by atomic mass is 35.5. The van der Waals surface area contributed by atoms with Crippen LogP contribution >= 0.6 is 11.6 Å². The molecule has 1 saturated heterocycles. The number of hydrogen-bond acceptors (Lipinski definition) is 6. The highest BCUT2D eigenvalue weighted by Gasteiger charge is 2.21. The first-order valence-electron chi connectivity index (χ1n) is 10.1. The number of aromatic nitrogens is 2. The van der Waals surface area contributed by atoms with Gasteiger partial charge in [-0.25, -0.2) is 4.79 Å². The molecule has 0 amide bonds. The quantitative estimate of drug-likeness (QED) is 0.622. The van der Waals surface area contributed by atoms with Crippen molar-refractivity contribution in [1.29, 1.82) is 0 Å². The number of nitrogens with zero attached hydrogens (tertiary/aromatic N) is 4. The van der Waals surface area contributed by atoms with Gasteiger partial charge in [-0.3, -0.25) is 18.9 Å². The monoisotopic (exact) mass is 428 g/mol. The third kappa shape index (κ3) is 5.17. The highest BCUT2D eigenvalue weighted by molar-refractivity contribution is 6.30. The zero-order chi connectivity index (χ0) is 20.9. The molecular weight excluding hydrogens is 404 g/mol. The minimum absolute atomic E-state index is 0.150. The molecule has 1 aliphatic heterocycles. The first-order valence-corrected chi connectivity index (χ1v) is 10.5. The predicted octanol–water partition coefficient (Wildman–Crippen LogP) is 2.34. The molecule has 1 aliphatic rings. The van der Waals surface area contributed by atoms with Crippen LogP contribution in [0.25, 0.3) is 11.4 Å². The lowest BCUT2D eigenvalue weighted by Gasteiger charge is -2.35. The molecule has 0 spiro atoms. The van der Waals surface area contributed by atoms with E-state index in [2.05, 4.69) is 27.1 Å². The number of halogens is 1. The maximum Gasteiger partial charge on any atom is 0.441 e. The van der Waals surface area contributed by atoms with Crippen LogP contribution in [-0.2, 0) is 13.1 Å². The first-order chi connectivity index (χ1) is 14.6. The highest BCUT2D eigenvalue weighted by Crippen LogP contribution is 2.16. The number of hydrogen-bond donors (Lipinski definition) is 1. The van der Waals surface area contributed by atoms with Gasteiger partial charge in [0.15, 0.2) is 5.82 Å². The van der Waals surface area contributed by atoms with Crippen molar-refractivity contribution in [3.8, 4) is 11.4 Å². The summed E-state index contributed by atoms with van der Waals surface area (Å²) in [5.74, 6) is -0.117. The number of piperazine rings is 1. The van der Waals surface area contributed by atoms with Crippen LogP contribution in [-0.4, -0.2) is 63.5 Å². The van der Waals surface area contributed by atoms with Crippen molar-refractivity contribution < 1.29 is 9.63 Å². The summed E-state index contributed by atoms with van der Waals surface area (Å²) in [6, 6.07) is 17.3. The van der Waals surface area contributed by atoms with Crippen LogP contribution in [0.15, 0.2) is 63.9 Å². The summed E-state index contributed by atoms with van der Waals surface area (Å²) < 4.78 is 6.24. The molecule has 30 heavy (non-hydrogen) atoms. The molecule has 3 aromatic rings.